The highest BCUT2D eigenvalue weighted by atomic mass is 16.5. The molecule has 122 heavy (non-hydrogen) atoms. The quantitative estimate of drug-likeness (QED) is 0.0302. The third-order valence-electron chi connectivity index (χ3n) is 15.5. The van der Waals surface area contributed by atoms with Crippen LogP contribution >= 0.6 is 0 Å². The first-order valence-electron chi connectivity index (χ1n) is 35.7. The molecular formula is C95H78N6O21. The van der Waals surface area contributed by atoms with E-state index in [0.29, 0.717) is 56.4 Å². The van der Waals surface area contributed by atoms with Crippen molar-refractivity contribution in [3.63, 3.8) is 0 Å². The van der Waals surface area contributed by atoms with Crippen molar-refractivity contribution in [3.05, 3.63) is 302 Å². The van der Waals surface area contributed by atoms with Gasteiger partial charge in [-0.25, -0.2) is 9.59 Å². The number of nitrogens with one attached hydrogen (secondary N) is 5. The normalized spacial score (nSPS) is 9.17. The van der Waals surface area contributed by atoms with Gasteiger partial charge in [-0.1, -0.05) is 101 Å². The highest BCUT2D eigenvalue weighted by molar-refractivity contribution is 6.41. The number of amides is 5. The average Bonchev–Trinajstić information content (AvgIpc) is 0.813. The first kappa shape index (κ1) is 97.0. The van der Waals surface area contributed by atoms with Crippen LogP contribution in [0.4, 0.5) is 34.1 Å². The third-order valence-corrected chi connectivity index (χ3v) is 15.5. The average molecular weight is 1640 g/mol. The van der Waals surface area contributed by atoms with Crippen LogP contribution in [0.1, 0.15) is 122 Å². The van der Waals surface area contributed by atoms with Gasteiger partial charge < -0.3 is 56.3 Å². The Morgan fingerprint density at radius 1 is 0.295 bits per heavy atom. The minimum atomic E-state index is -0.686. The van der Waals surface area contributed by atoms with E-state index < -0.39 is 70.4 Å². The number of anilines is 6. The minimum Gasteiger partial charge on any atom is -0.508 e. The number of nitrogens with zero attached hydrogens (tertiary/aromatic N) is 1. The van der Waals surface area contributed by atoms with Crippen molar-refractivity contribution >= 4 is 117 Å². The predicted octanol–water partition coefficient (Wildman–Crippen LogP) is 11.3. The van der Waals surface area contributed by atoms with Gasteiger partial charge in [0.1, 0.15) is 28.4 Å². The number of aromatic hydroxyl groups is 3. The van der Waals surface area contributed by atoms with Gasteiger partial charge in [-0.05, 0) is 201 Å². The van der Waals surface area contributed by atoms with E-state index in [0.717, 1.165) is 38.9 Å². The highest BCUT2D eigenvalue weighted by Gasteiger charge is 2.18. The zero-order valence-corrected chi connectivity index (χ0v) is 67.5. The van der Waals surface area contributed by atoms with Gasteiger partial charge >= 0.3 is 24.2 Å². The number of hydrogen-bond acceptors (Lipinski definition) is 22. The Kier molecular flexibility index (Phi) is 40.3. The molecule has 0 aromatic heterocycles. The number of phenols is 3. The lowest BCUT2D eigenvalue weighted by molar-refractivity contribution is -0.193. The number of methoxy groups -OCH3 is 2. The van der Waals surface area contributed by atoms with Crippen molar-refractivity contribution in [2.75, 3.05) is 59.8 Å². The number of rotatable bonds is 13. The van der Waals surface area contributed by atoms with E-state index in [1.165, 1.54) is 78.7 Å². The van der Waals surface area contributed by atoms with E-state index in [4.69, 9.17) is 19.2 Å². The largest absolute Gasteiger partial charge is 0.508 e. The van der Waals surface area contributed by atoms with Gasteiger partial charge in [0.15, 0.2) is 0 Å². The van der Waals surface area contributed by atoms with E-state index in [1.807, 2.05) is 74.5 Å². The SMILES string of the molecule is CC(=O)C(=O)Nc1ccc(C#Cc2ccc(C)c(O)c2)cc1.CC(=O)C(=O)Nc1ccc(C#Cc2ccc(C)cc2)cc1.CC(=O)C(=O)Nc1ccc(C#Cc2ccccc2)cc1.COC(=O)c1cc(C#Cc2ccc(NC(=O)C(C)=O)cc2)c(N(C)C)cc1O.COC(=O)c1cc(C#Cc2ccc(NC(=O)C(C)=O)cc2)ccc1O.O=C=O.O=C=O. The molecule has 0 atom stereocenters. The lowest BCUT2D eigenvalue weighted by Gasteiger charge is -2.16. The van der Waals surface area contributed by atoms with Crippen LogP contribution in [-0.2, 0) is 76.6 Å². The fourth-order valence-corrected chi connectivity index (χ4v) is 9.05. The van der Waals surface area contributed by atoms with Crippen LogP contribution in [0.25, 0.3) is 0 Å². The van der Waals surface area contributed by atoms with Gasteiger partial charge in [0, 0.05) is 139 Å². The van der Waals surface area contributed by atoms with Crippen LogP contribution in [0.5, 0.6) is 17.2 Å². The molecule has 0 saturated heterocycles. The Morgan fingerprint density at radius 2 is 0.549 bits per heavy atom. The molecule has 27 heteroatoms. The molecule has 614 valence electrons. The second-order valence-corrected chi connectivity index (χ2v) is 25.1. The predicted molar refractivity (Wildman–Crippen MR) is 452 cm³/mol. The smallest absolute Gasteiger partial charge is 0.373 e. The van der Waals surface area contributed by atoms with Crippen LogP contribution in [0.2, 0.25) is 0 Å². The van der Waals surface area contributed by atoms with Gasteiger partial charge in [-0.15, -0.1) is 0 Å². The van der Waals surface area contributed by atoms with Gasteiger partial charge in [0.2, 0.25) is 28.9 Å². The van der Waals surface area contributed by atoms with E-state index in [9.17, 15) is 72.9 Å². The van der Waals surface area contributed by atoms with Crippen molar-refractivity contribution in [1.82, 2.24) is 0 Å². The van der Waals surface area contributed by atoms with Crippen molar-refractivity contribution in [1.29, 1.82) is 0 Å². The van der Waals surface area contributed by atoms with Crippen LogP contribution in [0.3, 0.4) is 0 Å². The van der Waals surface area contributed by atoms with Gasteiger partial charge in [-0.2, -0.15) is 19.2 Å². The molecule has 8 N–H and O–H groups in total. The number of aryl methyl sites for hydroxylation is 2. The molecule has 10 rings (SSSR count). The lowest BCUT2D eigenvalue weighted by Crippen LogP contribution is -2.19. The maximum atomic E-state index is 11.8. The summed E-state index contributed by atoms with van der Waals surface area (Å²) in [5.74, 6) is 22.5. The summed E-state index contributed by atoms with van der Waals surface area (Å²) >= 11 is 0. The number of phenolic OH excluding ortho intramolecular Hbond substituents is 3. The second kappa shape index (κ2) is 50.7. The summed E-state index contributed by atoms with van der Waals surface area (Å²) in [7, 11) is 6.06. The number of ether oxygens (including phenoxy) is 2. The molecule has 0 spiro atoms. The number of benzene rings is 10. The molecule has 0 radical (unpaired) electrons. The Bertz CT molecular complexity index is 5900. The lowest BCUT2D eigenvalue weighted by atomic mass is 10.1. The second-order valence-electron chi connectivity index (χ2n) is 25.1. The molecule has 0 heterocycles. The van der Waals surface area contributed by atoms with E-state index in [1.54, 1.807) is 159 Å². The fourth-order valence-electron chi connectivity index (χ4n) is 9.05. The van der Waals surface area contributed by atoms with Gasteiger partial charge in [0.05, 0.1) is 19.9 Å². The number of ketones is 5. The monoisotopic (exact) mass is 1640 g/mol. The first-order chi connectivity index (χ1) is 58.1. The van der Waals surface area contributed by atoms with Crippen LogP contribution in [-0.4, -0.2) is 126 Å². The van der Waals surface area contributed by atoms with Gasteiger partial charge in [0.25, 0.3) is 29.5 Å². The highest BCUT2D eigenvalue weighted by Crippen LogP contribution is 2.29. The number of carbonyl (C=O) groups is 12. The molecule has 0 unspecified atom stereocenters. The summed E-state index contributed by atoms with van der Waals surface area (Å²) in [6.07, 6.45) is 0.500. The molecule has 10 aromatic rings. The summed E-state index contributed by atoms with van der Waals surface area (Å²) in [5.41, 5.74) is 12.9. The summed E-state index contributed by atoms with van der Waals surface area (Å²) in [6, 6.07) is 64.5. The van der Waals surface area contributed by atoms with Crippen LogP contribution < -0.4 is 31.5 Å². The molecule has 0 aliphatic heterocycles. The van der Waals surface area contributed by atoms with E-state index in [2.05, 4.69) is 95.3 Å². The number of esters is 2. The summed E-state index contributed by atoms with van der Waals surface area (Å²) in [5, 5.41) is 41.8. The molecule has 0 bridgehead atoms. The maximum absolute atomic E-state index is 11.8. The van der Waals surface area contributed by atoms with E-state index >= 15 is 0 Å². The summed E-state index contributed by atoms with van der Waals surface area (Å²) in [4.78, 5) is 169. The van der Waals surface area contributed by atoms with Crippen LogP contribution in [0.15, 0.2) is 224 Å². The Labute approximate surface area is 701 Å². The van der Waals surface area contributed by atoms with Crippen molar-refractivity contribution in [3.8, 4) is 76.5 Å². The van der Waals surface area contributed by atoms with Crippen molar-refractivity contribution < 1.29 is 102 Å². The zero-order chi connectivity index (χ0) is 90.4. The Morgan fingerprint density at radius 3 is 0.836 bits per heavy atom. The maximum Gasteiger partial charge on any atom is 0.373 e. The van der Waals surface area contributed by atoms with Crippen LogP contribution in [0, 0.1) is 73.1 Å². The molecule has 0 aliphatic carbocycles. The Balaban J connectivity index is 0.000000316. The van der Waals surface area contributed by atoms with E-state index in [-0.39, 0.29) is 40.7 Å². The molecule has 0 fully saturated rings. The topological polar surface area (TPSA) is 416 Å². The number of hydrogen-bond donors (Lipinski definition) is 8. The number of carbonyl (C=O) groups excluding carboxylic acids is 16. The summed E-state index contributed by atoms with van der Waals surface area (Å²) < 4.78 is 9.27. The molecule has 27 nitrogen and oxygen atoms in total. The van der Waals surface area contributed by atoms with Crippen molar-refractivity contribution in [2.24, 2.45) is 0 Å². The number of Topliss-reactive ketones (excluding diaryl/α,β-unsaturated/α-hetero) is 5. The summed E-state index contributed by atoms with van der Waals surface area (Å²) in [6.45, 7) is 9.91. The molecule has 10 aromatic carbocycles. The van der Waals surface area contributed by atoms with Crippen molar-refractivity contribution in [2.45, 2.75) is 48.5 Å². The zero-order valence-electron chi connectivity index (χ0n) is 67.5. The Hall–Kier alpha value is -17.4. The molecule has 5 amide bonds. The first-order valence-corrected chi connectivity index (χ1v) is 35.7. The standard InChI is InChI=1S/C21H20N2O5.C19H15NO5.C18H15NO3.C18H15NO2.C17H13NO2.2CO2/c1-13(24)20(26)22-16-9-6-14(7-10-16)5-8-15-11-17(21(27)28-4)19(25)12-18(15)23(2)3;1-12(21)18(23)20-15-8-5-13(6-9-15)3-4-14-7-10-17(22)16(11-14)19(24)25-2;1-12-3-4-15(11-17(12)21)6-5-14-7-9-16(10-8-14)19-18(22)13(2)20;1-13-3-5-15(6-4-13)7-8-16-9-11-17(12-10-16)19-18(21)14(2)20;1-13(19)17(20)18-16-11-9-15(10-12-16)8-7-14-5-3-2-4-6-14;2*2-1-3/h6-7,9-12,25H,1-4H3,(H,22,26);5-11,22H,1-2H3,(H,20,23);3-4,7-11,21H,1-2H3,(H,19,22);3-6,9-12H,1-2H3,(H,19,21);2-6,9-12H,1H3,(H,18,20);;. The molecule has 0 saturated carbocycles. The molecular weight excluding hydrogens is 1560 g/mol. The fraction of sp³-hybridized carbons (Fsp3) is 0.116. The molecule has 0 aliphatic rings. The third kappa shape index (κ3) is 35.1. The minimum absolute atomic E-state index is 0.0275. The van der Waals surface area contributed by atoms with Gasteiger partial charge in [-0.3, -0.25) is 47.9 Å².